The molecule has 0 radical (unpaired) electrons. The Morgan fingerprint density at radius 2 is 1.96 bits per heavy atom. The summed E-state index contributed by atoms with van der Waals surface area (Å²) in [6, 6.07) is 0.762. The Kier molecular flexibility index (Phi) is 5.49. The minimum atomic E-state index is -2.73. The molecule has 1 aromatic heterocycles. The SMILES string of the molecule is CC(C)(C)c1cc(NC(=O)[C@@H]2C[C@H](O)CN2C(=O)C2CCC(F)(F)CC2)no1. The fourth-order valence-electron chi connectivity index (χ4n) is 3.72. The summed E-state index contributed by atoms with van der Waals surface area (Å²) in [5.74, 6) is -3.25. The summed E-state index contributed by atoms with van der Waals surface area (Å²) in [5.41, 5.74) is -0.273. The van der Waals surface area contributed by atoms with E-state index in [1.807, 2.05) is 20.8 Å². The van der Waals surface area contributed by atoms with Crippen molar-refractivity contribution in [2.45, 2.75) is 76.4 Å². The third kappa shape index (κ3) is 4.51. The van der Waals surface area contributed by atoms with Crippen molar-refractivity contribution in [1.82, 2.24) is 10.1 Å². The molecule has 2 N–H and O–H groups in total. The third-order valence-corrected chi connectivity index (χ3v) is 5.43. The average Bonchev–Trinajstić information content (AvgIpc) is 3.20. The summed E-state index contributed by atoms with van der Waals surface area (Å²) in [7, 11) is 0. The van der Waals surface area contributed by atoms with Gasteiger partial charge in [0.05, 0.1) is 6.10 Å². The van der Waals surface area contributed by atoms with Crippen LogP contribution in [0.15, 0.2) is 10.6 Å². The molecule has 0 aromatic carbocycles. The quantitative estimate of drug-likeness (QED) is 0.815. The largest absolute Gasteiger partial charge is 0.391 e. The molecule has 0 bridgehead atoms. The zero-order chi connectivity index (χ0) is 20.7. The van der Waals surface area contributed by atoms with Gasteiger partial charge >= 0.3 is 0 Å². The van der Waals surface area contributed by atoms with E-state index in [1.165, 1.54) is 4.90 Å². The van der Waals surface area contributed by atoms with Gasteiger partial charge < -0.3 is 19.8 Å². The molecule has 1 saturated heterocycles. The number of β-amino-alcohol motifs (C(OH)–C–C–N with tert-alkyl or cyclic N) is 1. The summed E-state index contributed by atoms with van der Waals surface area (Å²) >= 11 is 0. The van der Waals surface area contributed by atoms with Gasteiger partial charge in [-0.05, 0) is 12.8 Å². The van der Waals surface area contributed by atoms with Gasteiger partial charge in [0.1, 0.15) is 11.8 Å². The van der Waals surface area contributed by atoms with Crippen LogP contribution in [0.2, 0.25) is 0 Å². The highest BCUT2D eigenvalue weighted by Crippen LogP contribution is 2.38. The number of hydrogen-bond donors (Lipinski definition) is 2. The number of rotatable bonds is 3. The van der Waals surface area contributed by atoms with Gasteiger partial charge in [0.25, 0.3) is 0 Å². The molecular formula is C19H27F2N3O4. The van der Waals surface area contributed by atoms with Crippen molar-refractivity contribution in [3.8, 4) is 0 Å². The number of nitrogens with one attached hydrogen (secondary N) is 1. The third-order valence-electron chi connectivity index (χ3n) is 5.43. The molecule has 156 valence electrons. The number of halogens is 2. The van der Waals surface area contributed by atoms with Crippen LogP contribution in [0, 0.1) is 5.92 Å². The maximum atomic E-state index is 13.4. The molecule has 2 atom stereocenters. The predicted octanol–water partition coefficient (Wildman–Crippen LogP) is 2.70. The molecule has 2 heterocycles. The number of alkyl halides is 2. The van der Waals surface area contributed by atoms with Crippen LogP contribution in [0.1, 0.15) is 58.6 Å². The van der Waals surface area contributed by atoms with Gasteiger partial charge in [-0.15, -0.1) is 0 Å². The van der Waals surface area contributed by atoms with Gasteiger partial charge in [-0.25, -0.2) is 8.78 Å². The number of carbonyl (C=O) groups excluding carboxylic acids is 2. The summed E-state index contributed by atoms with van der Waals surface area (Å²) in [4.78, 5) is 26.8. The summed E-state index contributed by atoms with van der Waals surface area (Å²) in [5, 5.41) is 16.5. The van der Waals surface area contributed by atoms with Gasteiger partial charge in [-0.3, -0.25) is 9.59 Å². The van der Waals surface area contributed by atoms with Gasteiger partial charge in [-0.2, -0.15) is 0 Å². The number of carbonyl (C=O) groups is 2. The van der Waals surface area contributed by atoms with E-state index in [2.05, 4.69) is 10.5 Å². The van der Waals surface area contributed by atoms with Crippen LogP contribution >= 0.6 is 0 Å². The van der Waals surface area contributed by atoms with E-state index >= 15 is 0 Å². The van der Waals surface area contributed by atoms with Gasteiger partial charge in [-0.1, -0.05) is 25.9 Å². The Balaban J connectivity index is 1.67. The second-order valence-electron chi connectivity index (χ2n) is 8.84. The molecule has 1 aromatic rings. The van der Waals surface area contributed by atoms with E-state index in [4.69, 9.17) is 4.52 Å². The monoisotopic (exact) mass is 399 g/mol. The fourth-order valence-corrected chi connectivity index (χ4v) is 3.72. The summed E-state index contributed by atoms with van der Waals surface area (Å²) in [6.07, 6.45) is -1.20. The highest BCUT2D eigenvalue weighted by atomic mass is 19.3. The van der Waals surface area contributed by atoms with E-state index in [0.717, 1.165) is 0 Å². The van der Waals surface area contributed by atoms with Crippen molar-refractivity contribution in [2.75, 3.05) is 11.9 Å². The van der Waals surface area contributed by atoms with Crippen LogP contribution in [0.4, 0.5) is 14.6 Å². The summed E-state index contributed by atoms with van der Waals surface area (Å²) < 4.78 is 32.0. The number of nitrogens with zero attached hydrogens (tertiary/aromatic N) is 2. The van der Waals surface area contributed by atoms with E-state index in [0.29, 0.717) is 5.76 Å². The molecule has 0 spiro atoms. The van der Waals surface area contributed by atoms with Crippen LogP contribution in [0.3, 0.4) is 0 Å². The van der Waals surface area contributed by atoms with E-state index in [9.17, 15) is 23.5 Å². The number of aliphatic hydroxyl groups excluding tert-OH is 1. The first kappa shape index (κ1) is 20.7. The molecule has 9 heteroatoms. The first-order valence-electron chi connectivity index (χ1n) is 9.61. The first-order valence-corrected chi connectivity index (χ1v) is 9.61. The Bertz CT molecular complexity index is 734. The summed E-state index contributed by atoms with van der Waals surface area (Å²) in [6.45, 7) is 5.86. The average molecular weight is 399 g/mol. The number of amides is 2. The van der Waals surface area contributed by atoms with Crippen LogP contribution in [-0.2, 0) is 15.0 Å². The molecule has 28 heavy (non-hydrogen) atoms. The predicted molar refractivity (Wildman–Crippen MR) is 96.9 cm³/mol. The Labute approximate surface area is 162 Å². The zero-order valence-corrected chi connectivity index (χ0v) is 16.4. The highest BCUT2D eigenvalue weighted by Gasteiger charge is 2.44. The molecule has 3 rings (SSSR count). The van der Waals surface area contributed by atoms with E-state index in [-0.39, 0.29) is 55.8 Å². The maximum Gasteiger partial charge on any atom is 0.248 e. The molecule has 2 aliphatic rings. The molecule has 1 aliphatic carbocycles. The van der Waals surface area contributed by atoms with Crippen LogP contribution in [0.25, 0.3) is 0 Å². The minimum absolute atomic E-state index is 0.0237. The van der Waals surface area contributed by atoms with Crippen molar-refractivity contribution < 1.29 is 28.0 Å². The molecule has 1 saturated carbocycles. The number of anilines is 1. The second kappa shape index (κ2) is 7.42. The van der Waals surface area contributed by atoms with Crippen molar-refractivity contribution in [1.29, 1.82) is 0 Å². The smallest absolute Gasteiger partial charge is 0.248 e. The minimum Gasteiger partial charge on any atom is -0.391 e. The lowest BCUT2D eigenvalue weighted by Gasteiger charge is -2.32. The fraction of sp³-hybridized carbons (Fsp3) is 0.737. The Hall–Kier alpha value is -2.03. The number of aliphatic hydroxyl groups is 1. The molecule has 0 unspecified atom stereocenters. The topological polar surface area (TPSA) is 95.7 Å². The Morgan fingerprint density at radius 1 is 1.32 bits per heavy atom. The lowest BCUT2D eigenvalue weighted by atomic mass is 9.85. The maximum absolute atomic E-state index is 13.4. The second-order valence-corrected chi connectivity index (χ2v) is 8.84. The Morgan fingerprint density at radius 3 is 2.54 bits per heavy atom. The van der Waals surface area contributed by atoms with Crippen molar-refractivity contribution in [2.24, 2.45) is 5.92 Å². The van der Waals surface area contributed by atoms with Crippen molar-refractivity contribution in [3.63, 3.8) is 0 Å². The standard InChI is InChI=1S/C19H27F2N3O4/c1-18(2,3)14-9-15(23-28-14)22-16(26)13-8-12(25)10-24(13)17(27)11-4-6-19(20,21)7-5-11/h9,11-13,25H,4-8,10H2,1-3H3,(H,22,23,26)/t12-,13-/m0/s1. The lowest BCUT2D eigenvalue weighted by molar-refractivity contribution is -0.143. The first-order chi connectivity index (χ1) is 13.0. The van der Waals surface area contributed by atoms with Crippen LogP contribution in [0.5, 0.6) is 0 Å². The number of aromatic nitrogens is 1. The molecule has 2 amide bonds. The molecule has 7 nitrogen and oxygen atoms in total. The van der Waals surface area contributed by atoms with Gasteiger partial charge in [0, 0.05) is 43.2 Å². The molecule has 1 aliphatic heterocycles. The van der Waals surface area contributed by atoms with Crippen molar-refractivity contribution in [3.05, 3.63) is 11.8 Å². The normalized spacial score (nSPS) is 25.7. The number of likely N-dealkylation sites (tertiary alicyclic amines) is 1. The van der Waals surface area contributed by atoms with E-state index in [1.54, 1.807) is 6.07 Å². The van der Waals surface area contributed by atoms with Gasteiger partial charge in [0.2, 0.25) is 17.7 Å². The van der Waals surface area contributed by atoms with Crippen molar-refractivity contribution >= 4 is 17.6 Å². The lowest BCUT2D eigenvalue weighted by Crippen LogP contribution is -2.47. The zero-order valence-electron chi connectivity index (χ0n) is 16.4. The molecular weight excluding hydrogens is 372 g/mol. The van der Waals surface area contributed by atoms with Gasteiger partial charge in [0.15, 0.2) is 5.82 Å². The molecule has 2 fully saturated rings. The van der Waals surface area contributed by atoms with Crippen LogP contribution < -0.4 is 5.32 Å². The highest BCUT2D eigenvalue weighted by molar-refractivity contribution is 5.97. The number of hydrogen-bond acceptors (Lipinski definition) is 5. The van der Waals surface area contributed by atoms with Crippen LogP contribution in [-0.4, -0.2) is 51.6 Å². The van der Waals surface area contributed by atoms with E-state index < -0.39 is 29.9 Å².